The van der Waals surface area contributed by atoms with Crippen LogP contribution in [0.15, 0.2) is 78.9 Å². The summed E-state index contributed by atoms with van der Waals surface area (Å²) in [5.41, 5.74) is 4.47. The molecule has 5 rings (SSSR count). The first-order valence-electron chi connectivity index (χ1n) is 10.4. The number of rotatable bonds is 4. The van der Waals surface area contributed by atoms with Gasteiger partial charge in [0.05, 0.1) is 18.7 Å². The van der Waals surface area contributed by atoms with E-state index in [0.717, 1.165) is 27.7 Å². The van der Waals surface area contributed by atoms with Crippen molar-refractivity contribution in [2.24, 2.45) is 0 Å². The number of benzene rings is 3. The van der Waals surface area contributed by atoms with E-state index in [1.165, 1.54) is 7.11 Å². The molecule has 6 heteroatoms. The second-order valence-corrected chi connectivity index (χ2v) is 7.77. The van der Waals surface area contributed by atoms with Gasteiger partial charge in [-0.1, -0.05) is 48.5 Å². The van der Waals surface area contributed by atoms with Crippen molar-refractivity contribution >= 4 is 22.8 Å². The number of hydrogen-bond donors (Lipinski definition) is 2. The maximum Gasteiger partial charge on any atom is 0.343 e. The van der Waals surface area contributed by atoms with Gasteiger partial charge in [0.15, 0.2) is 0 Å². The predicted molar refractivity (Wildman–Crippen MR) is 121 cm³/mol. The van der Waals surface area contributed by atoms with E-state index in [1.54, 1.807) is 30.3 Å². The highest BCUT2D eigenvalue weighted by molar-refractivity contribution is 5.91. The highest BCUT2D eigenvalue weighted by Gasteiger charge is 2.34. The van der Waals surface area contributed by atoms with Crippen LogP contribution >= 0.6 is 0 Å². The van der Waals surface area contributed by atoms with Crippen LogP contribution in [0.4, 0.5) is 0 Å². The lowest BCUT2D eigenvalue weighted by molar-refractivity contribution is -0.143. The number of nitrogens with one attached hydrogen (secondary N) is 2. The number of fused-ring (bicyclic) bond motifs is 3. The smallest absolute Gasteiger partial charge is 0.343 e. The minimum Gasteiger partial charge on any atom is -0.468 e. The molecule has 1 aromatic heterocycles. The van der Waals surface area contributed by atoms with Crippen LogP contribution in [0.5, 0.6) is 5.75 Å². The van der Waals surface area contributed by atoms with Crippen molar-refractivity contribution in [3.05, 3.63) is 101 Å². The number of hydrogen-bond acceptors (Lipinski definition) is 5. The van der Waals surface area contributed by atoms with E-state index in [2.05, 4.69) is 16.4 Å². The zero-order valence-corrected chi connectivity index (χ0v) is 17.5. The lowest BCUT2D eigenvalue weighted by Crippen LogP contribution is -2.45. The van der Waals surface area contributed by atoms with Crippen molar-refractivity contribution < 1.29 is 19.1 Å². The van der Waals surface area contributed by atoms with E-state index in [-0.39, 0.29) is 12.0 Å². The Morgan fingerprint density at radius 2 is 1.72 bits per heavy atom. The van der Waals surface area contributed by atoms with Gasteiger partial charge >= 0.3 is 11.9 Å². The van der Waals surface area contributed by atoms with Gasteiger partial charge in [0, 0.05) is 23.0 Å². The monoisotopic (exact) mass is 426 g/mol. The summed E-state index contributed by atoms with van der Waals surface area (Å²) in [5.74, 6) is -0.285. The maximum absolute atomic E-state index is 12.5. The SMILES string of the molecule is COC(=O)[C@@H]1Cc2c([nH]c3ccccc23)[C@@H](c2cccc(OC(=O)c3ccccc3)c2)N1. The molecule has 2 heterocycles. The minimum atomic E-state index is -0.479. The average Bonchev–Trinajstić information content (AvgIpc) is 3.22. The Morgan fingerprint density at radius 3 is 2.53 bits per heavy atom. The molecule has 0 spiro atoms. The van der Waals surface area contributed by atoms with Crippen LogP contribution in [0, 0.1) is 0 Å². The molecule has 6 nitrogen and oxygen atoms in total. The topological polar surface area (TPSA) is 80.4 Å². The molecule has 0 bridgehead atoms. The Kier molecular flexibility index (Phi) is 5.21. The van der Waals surface area contributed by atoms with Gasteiger partial charge in [-0.15, -0.1) is 0 Å². The fourth-order valence-corrected chi connectivity index (χ4v) is 4.29. The van der Waals surface area contributed by atoms with Crippen molar-refractivity contribution in [2.75, 3.05) is 7.11 Å². The molecular weight excluding hydrogens is 404 g/mol. The average molecular weight is 426 g/mol. The fourth-order valence-electron chi connectivity index (χ4n) is 4.29. The first-order valence-corrected chi connectivity index (χ1v) is 10.4. The Balaban J connectivity index is 1.52. The van der Waals surface area contributed by atoms with Crippen LogP contribution in [0.25, 0.3) is 10.9 Å². The summed E-state index contributed by atoms with van der Waals surface area (Å²) >= 11 is 0. The summed E-state index contributed by atoms with van der Waals surface area (Å²) in [6, 6.07) is 23.5. The highest BCUT2D eigenvalue weighted by Crippen LogP contribution is 2.36. The van der Waals surface area contributed by atoms with E-state index >= 15 is 0 Å². The van der Waals surface area contributed by atoms with Crippen molar-refractivity contribution in [1.29, 1.82) is 0 Å². The standard InChI is InChI=1S/C26H22N2O4/c1-31-26(30)22-15-20-19-12-5-6-13-21(19)27-24(20)23(28-22)17-10-7-11-18(14-17)32-25(29)16-8-3-2-4-9-16/h2-14,22-23,27-28H,15H2,1H3/t22-,23+/m0/s1. The quantitative estimate of drug-likeness (QED) is 0.378. The summed E-state index contributed by atoms with van der Waals surface area (Å²) in [5, 5.41) is 4.50. The molecule has 1 aliphatic rings. The number of esters is 2. The first-order chi connectivity index (χ1) is 15.6. The summed E-state index contributed by atoms with van der Waals surface area (Å²) in [4.78, 5) is 28.4. The molecule has 0 fully saturated rings. The molecule has 0 radical (unpaired) electrons. The molecule has 32 heavy (non-hydrogen) atoms. The summed E-state index contributed by atoms with van der Waals surface area (Å²) in [7, 11) is 1.40. The summed E-state index contributed by atoms with van der Waals surface area (Å²) < 4.78 is 10.6. The molecule has 0 unspecified atom stereocenters. The fraction of sp³-hybridized carbons (Fsp3) is 0.154. The van der Waals surface area contributed by atoms with Gasteiger partial charge in [-0.25, -0.2) is 4.79 Å². The second kappa shape index (κ2) is 8.32. The zero-order chi connectivity index (χ0) is 22.1. The first kappa shape index (κ1) is 20.0. The van der Waals surface area contributed by atoms with Crippen LogP contribution in [0.2, 0.25) is 0 Å². The zero-order valence-electron chi connectivity index (χ0n) is 17.5. The molecule has 4 aromatic rings. The van der Waals surface area contributed by atoms with Crippen LogP contribution in [0.1, 0.15) is 33.2 Å². The van der Waals surface area contributed by atoms with Crippen molar-refractivity contribution in [2.45, 2.75) is 18.5 Å². The van der Waals surface area contributed by atoms with Crippen LogP contribution in [-0.4, -0.2) is 30.1 Å². The number of ether oxygens (including phenoxy) is 2. The molecule has 0 amide bonds. The highest BCUT2D eigenvalue weighted by atomic mass is 16.5. The third-order valence-corrected chi connectivity index (χ3v) is 5.81. The predicted octanol–water partition coefficient (Wildman–Crippen LogP) is 4.16. The van der Waals surface area contributed by atoms with Crippen molar-refractivity contribution in [3.8, 4) is 5.75 Å². The number of carbonyl (C=O) groups excluding carboxylic acids is 2. The Bertz CT molecular complexity index is 1300. The van der Waals surface area contributed by atoms with Crippen LogP contribution < -0.4 is 10.1 Å². The van der Waals surface area contributed by atoms with E-state index < -0.39 is 12.0 Å². The largest absolute Gasteiger partial charge is 0.468 e. The third kappa shape index (κ3) is 3.65. The third-order valence-electron chi connectivity index (χ3n) is 5.81. The van der Waals surface area contributed by atoms with Gasteiger partial charge < -0.3 is 14.5 Å². The molecule has 160 valence electrons. The molecule has 2 N–H and O–H groups in total. The Hall–Kier alpha value is -3.90. The number of methoxy groups -OCH3 is 1. The van der Waals surface area contributed by atoms with E-state index in [0.29, 0.717) is 17.7 Å². The van der Waals surface area contributed by atoms with Gasteiger partial charge in [0.25, 0.3) is 0 Å². The Morgan fingerprint density at radius 1 is 0.938 bits per heavy atom. The van der Waals surface area contributed by atoms with Gasteiger partial charge in [-0.3, -0.25) is 10.1 Å². The molecule has 0 saturated heterocycles. The number of aromatic nitrogens is 1. The summed E-state index contributed by atoms with van der Waals surface area (Å²) in [6.45, 7) is 0. The van der Waals surface area contributed by atoms with Gasteiger partial charge in [-0.2, -0.15) is 0 Å². The molecule has 0 aliphatic carbocycles. The van der Waals surface area contributed by atoms with Gasteiger partial charge in [-0.05, 0) is 41.5 Å². The van der Waals surface area contributed by atoms with E-state index in [9.17, 15) is 9.59 Å². The number of H-pyrrole nitrogens is 1. The molecule has 1 aliphatic heterocycles. The van der Waals surface area contributed by atoms with Crippen LogP contribution in [0.3, 0.4) is 0 Å². The van der Waals surface area contributed by atoms with Crippen LogP contribution in [-0.2, 0) is 16.0 Å². The molecular formula is C26H22N2O4. The second-order valence-electron chi connectivity index (χ2n) is 7.77. The van der Waals surface area contributed by atoms with Crippen molar-refractivity contribution in [1.82, 2.24) is 10.3 Å². The number of para-hydroxylation sites is 1. The van der Waals surface area contributed by atoms with E-state index in [4.69, 9.17) is 9.47 Å². The number of carbonyl (C=O) groups is 2. The molecule has 3 aromatic carbocycles. The normalized spacial score (nSPS) is 17.5. The number of aromatic amines is 1. The lowest BCUT2D eigenvalue weighted by Gasteiger charge is -2.30. The minimum absolute atomic E-state index is 0.286. The lowest BCUT2D eigenvalue weighted by atomic mass is 9.90. The van der Waals surface area contributed by atoms with Crippen molar-refractivity contribution in [3.63, 3.8) is 0 Å². The summed E-state index contributed by atoms with van der Waals surface area (Å²) in [6.07, 6.45) is 0.533. The van der Waals surface area contributed by atoms with E-state index in [1.807, 2.05) is 42.5 Å². The molecule has 0 saturated carbocycles. The van der Waals surface area contributed by atoms with Gasteiger partial charge in [0.2, 0.25) is 0 Å². The van der Waals surface area contributed by atoms with Gasteiger partial charge in [0.1, 0.15) is 11.8 Å². The molecule has 2 atom stereocenters. The maximum atomic E-state index is 12.5. The Labute approximate surface area is 185 Å².